The van der Waals surface area contributed by atoms with Crippen molar-refractivity contribution in [3.8, 4) is 5.75 Å². The highest BCUT2D eigenvalue weighted by molar-refractivity contribution is 7.99. The molecular weight excluding hydrogens is 392 g/mol. The van der Waals surface area contributed by atoms with Crippen LogP contribution >= 0.6 is 11.8 Å². The number of piperidine rings is 1. The lowest BCUT2D eigenvalue weighted by Crippen LogP contribution is -2.40. The van der Waals surface area contributed by atoms with Gasteiger partial charge in [0.2, 0.25) is 0 Å². The van der Waals surface area contributed by atoms with Gasteiger partial charge in [-0.3, -0.25) is 4.79 Å². The monoisotopic (exact) mass is 426 g/mol. The van der Waals surface area contributed by atoms with E-state index in [1.54, 1.807) is 11.8 Å². The zero-order valence-electron chi connectivity index (χ0n) is 18.2. The number of rotatable bonds is 10. The molecule has 0 radical (unpaired) electrons. The molecule has 2 aromatic rings. The number of amides is 1. The molecular formula is C25H34N2O2S. The van der Waals surface area contributed by atoms with Crippen molar-refractivity contribution in [2.24, 2.45) is 11.8 Å². The highest BCUT2D eigenvalue weighted by Crippen LogP contribution is 2.21. The zero-order valence-corrected chi connectivity index (χ0v) is 19.0. The summed E-state index contributed by atoms with van der Waals surface area (Å²) in [5.41, 5.74) is 0.682. The van der Waals surface area contributed by atoms with Crippen molar-refractivity contribution < 1.29 is 9.53 Å². The van der Waals surface area contributed by atoms with Crippen LogP contribution in [0.1, 0.15) is 37.0 Å². The maximum atomic E-state index is 12.4. The standard InChI is InChI=1S/C25H34N2O2S/c1-20-17-21(2)19-27(18-20)14-6-13-26-25(28)22-9-11-23(12-10-22)29-15-16-30-24-7-4-3-5-8-24/h3-5,7-12,20-21H,6,13-19H2,1-2H3,(H,26,28)/t20-,21+. The molecule has 4 nitrogen and oxygen atoms in total. The molecule has 1 N–H and O–H groups in total. The molecule has 1 aliphatic rings. The second kappa shape index (κ2) is 12.0. The first kappa shape index (κ1) is 22.7. The first-order valence-electron chi connectivity index (χ1n) is 11.0. The number of ether oxygens (including phenoxy) is 1. The van der Waals surface area contributed by atoms with Crippen LogP contribution < -0.4 is 10.1 Å². The highest BCUT2D eigenvalue weighted by atomic mass is 32.2. The Bertz CT molecular complexity index is 756. The average molecular weight is 427 g/mol. The van der Waals surface area contributed by atoms with E-state index in [2.05, 4.69) is 36.2 Å². The molecule has 162 valence electrons. The molecule has 1 saturated heterocycles. The molecule has 0 bridgehead atoms. The van der Waals surface area contributed by atoms with Crippen LogP contribution in [0, 0.1) is 11.8 Å². The third-order valence-electron chi connectivity index (χ3n) is 5.36. The molecule has 0 aliphatic carbocycles. The number of hydrogen-bond donors (Lipinski definition) is 1. The first-order chi connectivity index (χ1) is 14.6. The Morgan fingerprint density at radius 2 is 1.77 bits per heavy atom. The van der Waals surface area contributed by atoms with E-state index in [0.717, 1.165) is 36.3 Å². The van der Waals surface area contributed by atoms with Gasteiger partial charge in [-0.25, -0.2) is 0 Å². The Morgan fingerprint density at radius 1 is 1.07 bits per heavy atom. The lowest BCUT2D eigenvalue weighted by Gasteiger charge is -2.34. The smallest absolute Gasteiger partial charge is 0.251 e. The van der Waals surface area contributed by atoms with E-state index < -0.39 is 0 Å². The van der Waals surface area contributed by atoms with Gasteiger partial charge in [-0.1, -0.05) is 32.0 Å². The predicted octanol–water partition coefficient (Wildman–Crippen LogP) is 4.96. The number of nitrogens with zero attached hydrogens (tertiary/aromatic N) is 1. The largest absolute Gasteiger partial charge is 0.493 e. The van der Waals surface area contributed by atoms with Gasteiger partial charge in [0.15, 0.2) is 0 Å². The van der Waals surface area contributed by atoms with Crippen LogP contribution in [-0.2, 0) is 0 Å². The highest BCUT2D eigenvalue weighted by Gasteiger charge is 2.21. The van der Waals surface area contributed by atoms with Crippen LogP contribution in [0.25, 0.3) is 0 Å². The van der Waals surface area contributed by atoms with Crippen molar-refractivity contribution >= 4 is 17.7 Å². The SMILES string of the molecule is C[C@@H]1C[C@H](C)CN(CCCNC(=O)c2ccc(OCCSc3ccccc3)cc2)C1. The molecule has 30 heavy (non-hydrogen) atoms. The zero-order chi connectivity index (χ0) is 21.2. The molecule has 2 atom stereocenters. The Balaban J connectivity index is 1.31. The molecule has 0 aromatic heterocycles. The summed E-state index contributed by atoms with van der Waals surface area (Å²) < 4.78 is 5.79. The van der Waals surface area contributed by atoms with Crippen molar-refractivity contribution in [2.75, 3.05) is 38.5 Å². The Hall–Kier alpha value is -1.98. The summed E-state index contributed by atoms with van der Waals surface area (Å²) in [6, 6.07) is 17.7. The molecule has 0 spiro atoms. The number of likely N-dealkylation sites (tertiary alicyclic amines) is 1. The van der Waals surface area contributed by atoms with E-state index in [1.165, 1.54) is 24.4 Å². The Morgan fingerprint density at radius 3 is 2.47 bits per heavy atom. The lowest BCUT2D eigenvalue weighted by atomic mass is 9.92. The van der Waals surface area contributed by atoms with E-state index in [0.29, 0.717) is 18.7 Å². The maximum absolute atomic E-state index is 12.4. The van der Waals surface area contributed by atoms with E-state index in [9.17, 15) is 4.79 Å². The normalized spacial score (nSPS) is 19.4. The molecule has 1 amide bonds. The minimum absolute atomic E-state index is 0.0124. The minimum Gasteiger partial charge on any atom is -0.493 e. The number of carbonyl (C=O) groups is 1. The topological polar surface area (TPSA) is 41.6 Å². The maximum Gasteiger partial charge on any atom is 0.251 e. The van der Waals surface area contributed by atoms with Crippen molar-refractivity contribution in [2.45, 2.75) is 31.6 Å². The summed E-state index contributed by atoms with van der Waals surface area (Å²) in [5.74, 6) is 3.23. The van der Waals surface area contributed by atoms with Crippen molar-refractivity contribution in [3.05, 3.63) is 60.2 Å². The van der Waals surface area contributed by atoms with Gasteiger partial charge >= 0.3 is 0 Å². The quantitative estimate of drug-likeness (QED) is 0.431. The Kier molecular flexibility index (Phi) is 9.09. The second-order valence-electron chi connectivity index (χ2n) is 8.35. The van der Waals surface area contributed by atoms with Crippen LogP contribution in [-0.4, -0.2) is 49.3 Å². The van der Waals surface area contributed by atoms with E-state index in [1.807, 2.05) is 42.5 Å². The summed E-state index contributed by atoms with van der Waals surface area (Å²) in [6.07, 6.45) is 2.32. The molecule has 5 heteroatoms. The number of thioether (sulfide) groups is 1. The molecule has 1 aliphatic heterocycles. The summed E-state index contributed by atoms with van der Waals surface area (Å²) >= 11 is 1.78. The summed E-state index contributed by atoms with van der Waals surface area (Å²) in [6.45, 7) is 9.45. The van der Waals surface area contributed by atoms with Gasteiger partial charge < -0.3 is 15.0 Å². The van der Waals surface area contributed by atoms with E-state index in [4.69, 9.17) is 4.74 Å². The summed E-state index contributed by atoms with van der Waals surface area (Å²) in [5, 5.41) is 3.04. The van der Waals surface area contributed by atoms with Crippen LogP contribution in [0.5, 0.6) is 5.75 Å². The van der Waals surface area contributed by atoms with E-state index in [-0.39, 0.29) is 5.91 Å². The van der Waals surface area contributed by atoms with Gasteiger partial charge in [-0.15, -0.1) is 11.8 Å². The molecule has 1 fully saturated rings. The third-order valence-corrected chi connectivity index (χ3v) is 6.34. The fraction of sp³-hybridized carbons (Fsp3) is 0.480. The lowest BCUT2D eigenvalue weighted by molar-refractivity contribution is 0.0947. The van der Waals surface area contributed by atoms with Gasteiger partial charge in [0, 0.05) is 35.8 Å². The van der Waals surface area contributed by atoms with Crippen molar-refractivity contribution in [1.82, 2.24) is 10.2 Å². The van der Waals surface area contributed by atoms with Gasteiger partial charge in [0.1, 0.15) is 5.75 Å². The van der Waals surface area contributed by atoms with Crippen LogP contribution in [0.2, 0.25) is 0 Å². The van der Waals surface area contributed by atoms with Gasteiger partial charge in [-0.2, -0.15) is 0 Å². The molecule has 2 aromatic carbocycles. The van der Waals surface area contributed by atoms with E-state index >= 15 is 0 Å². The van der Waals surface area contributed by atoms with Gasteiger partial charge in [0.05, 0.1) is 6.61 Å². The number of carbonyl (C=O) groups excluding carboxylic acids is 1. The molecule has 0 saturated carbocycles. The number of nitrogens with one attached hydrogen (secondary N) is 1. The summed E-state index contributed by atoms with van der Waals surface area (Å²) in [4.78, 5) is 16.1. The summed E-state index contributed by atoms with van der Waals surface area (Å²) in [7, 11) is 0. The minimum atomic E-state index is -0.0124. The molecule has 1 heterocycles. The molecule has 0 unspecified atom stereocenters. The Labute approximate surface area is 185 Å². The van der Waals surface area contributed by atoms with Crippen LogP contribution in [0.4, 0.5) is 0 Å². The number of hydrogen-bond acceptors (Lipinski definition) is 4. The first-order valence-corrected chi connectivity index (χ1v) is 12.0. The fourth-order valence-electron chi connectivity index (χ4n) is 4.12. The average Bonchev–Trinajstić information content (AvgIpc) is 2.75. The third kappa shape index (κ3) is 7.69. The van der Waals surface area contributed by atoms with Crippen LogP contribution in [0.15, 0.2) is 59.5 Å². The predicted molar refractivity (Wildman–Crippen MR) is 125 cm³/mol. The molecule has 3 rings (SSSR count). The van der Waals surface area contributed by atoms with Gasteiger partial charge in [-0.05, 0) is 67.6 Å². The fourth-order valence-corrected chi connectivity index (χ4v) is 4.87. The second-order valence-corrected chi connectivity index (χ2v) is 9.52. The van der Waals surface area contributed by atoms with Crippen molar-refractivity contribution in [3.63, 3.8) is 0 Å². The van der Waals surface area contributed by atoms with Crippen molar-refractivity contribution in [1.29, 1.82) is 0 Å². The number of benzene rings is 2. The van der Waals surface area contributed by atoms with Gasteiger partial charge in [0.25, 0.3) is 5.91 Å². The van der Waals surface area contributed by atoms with Crippen LogP contribution in [0.3, 0.4) is 0 Å².